The minimum Gasteiger partial charge on any atom is -0.311 e. The zero-order valence-electron chi connectivity index (χ0n) is 14.0. The highest BCUT2D eigenvalue weighted by atomic mass is 15.1. The van der Waals surface area contributed by atoms with Crippen molar-refractivity contribution in [3.8, 4) is 0 Å². The van der Waals surface area contributed by atoms with Crippen LogP contribution in [0, 0.1) is 11.8 Å². The number of rotatable bonds is 6. The molecule has 2 fully saturated rings. The minimum atomic E-state index is 0.687. The van der Waals surface area contributed by atoms with Crippen LogP contribution in [0.15, 0.2) is 0 Å². The maximum Gasteiger partial charge on any atom is 0.00818 e. The van der Waals surface area contributed by atoms with Gasteiger partial charge in [0.25, 0.3) is 0 Å². The van der Waals surface area contributed by atoms with Gasteiger partial charge >= 0.3 is 0 Å². The fourth-order valence-electron chi connectivity index (χ4n) is 4.34. The second-order valence-corrected chi connectivity index (χ2v) is 7.35. The molecule has 0 aromatic heterocycles. The highest BCUT2D eigenvalue weighted by Crippen LogP contribution is 2.27. The van der Waals surface area contributed by atoms with Gasteiger partial charge in [0.1, 0.15) is 0 Å². The van der Waals surface area contributed by atoms with Crippen molar-refractivity contribution in [1.29, 1.82) is 0 Å². The summed E-state index contributed by atoms with van der Waals surface area (Å²) in [5, 5.41) is 3.96. The van der Waals surface area contributed by atoms with E-state index in [1.165, 1.54) is 71.0 Å². The zero-order chi connectivity index (χ0) is 14.4. The van der Waals surface area contributed by atoms with E-state index < -0.39 is 0 Å². The Kier molecular flexibility index (Phi) is 6.83. The molecule has 1 saturated heterocycles. The third-order valence-electron chi connectivity index (χ3n) is 5.67. The van der Waals surface area contributed by atoms with Gasteiger partial charge in [-0.25, -0.2) is 0 Å². The van der Waals surface area contributed by atoms with Crippen LogP contribution in [-0.2, 0) is 0 Å². The van der Waals surface area contributed by atoms with Crippen LogP contribution in [0.5, 0.6) is 0 Å². The van der Waals surface area contributed by atoms with Gasteiger partial charge < -0.3 is 10.2 Å². The summed E-state index contributed by atoms with van der Waals surface area (Å²) < 4.78 is 0. The van der Waals surface area contributed by atoms with E-state index in [-0.39, 0.29) is 0 Å². The van der Waals surface area contributed by atoms with E-state index >= 15 is 0 Å². The second kappa shape index (κ2) is 8.38. The maximum atomic E-state index is 3.96. The van der Waals surface area contributed by atoms with Crippen molar-refractivity contribution < 1.29 is 0 Å². The Morgan fingerprint density at radius 3 is 2.30 bits per heavy atom. The monoisotopic (exact) mass is 280 g/mol. The summed E-state index contributed by atoms with van der Waals surface area (Å²) in [6.07, 6.45) is 11.4. The average Bonchev–Trinajstić information content (AvgIpc) is 2.48. The number of nitrogens with one attached hydrogen (secondary N) is 1. The molecule has 0 aromatic carbocycles. The minimum absolute atomic E-state index is 0.687. The first-order chi connectivity index (χ1) is 9.70. The number of hydrogen-bond acceptors (Lipinski definition) is 2. The van der Waals surface area contributed by atoms with Crippen molar-refractivity contribution in [3.05, 3.63) is 0 Å². The number of nitrogens with zero attached hydrogens (tertiary/aromatic N) is 1. The lowest BCUT2D eigenvalue weighted by molar-refractivity contribution is 0.139. The molecule has 0 bridgehead atoms. The first kappa shape index (κ1) is 16.3. The fourth-order valence-corrected chi connectivity index (χ4v) is 4.34. The lowest BCUT2D eigenvalue weighted by Gasteiger charge is -2.38. The molecular formula is C18H36N2. The summed E-state index contributed by atoms with van der Waals surface area (Å²) >= 11 is 0. The molecule has 0 aromatic rings. The van der Waals surface area contributed by atoms with Gasteiger partial charge in [-0.05, 0) is 70.9 Å². The largest absolute Gasteiger partial charge is 0.311 e. The molecule has 1 heterocycles. The van der Waals surface area contributed by atoms with E-state index in [0.717, 1.165) is 11.8 Å². The first-order valence-corrected chi connectivity index (χ1v) is 9.19. The molecule has 3 atom stereocenters. The summed E-state index contributed by atoms with van der Waals surface area (Å²) in [6.45, 7) is 11.1. The van der Waals surface area contributed by atoms with Crippen LogP contribution in [0.3, 0.4) is 0 Å². The van der Waals surface area contributed by atoms with Crippen molar-refractivity contribution in [1.82, 2.24) is 10.2 Å². The summed E-state index contributed by atoms with van der Waals surface area (Å²) in [6, 6.07) is 1.40. The quantitative estimate of drug-likeness (QED) is 0.789. The van der Waals surface area contributed by atoms with E-state index in [1.807, 2.05) is 0 Å². The van der Waals surface area contributed by atoms with Crippen molar-refractivity contribution in [2.75, 3.05) is 19.6 Å². The second-order valence-electron chi connectivity index (χ2n) is 7.35. The molecule has 20 heavy (non-hydrogen) atoms. The summed E-state index contributed by atoms with van der Waals surface area (Å²) in [4.78, 5) is 2.68. The molecule has 2 nitrogen and oxygen atoms in total. The van der Waals surface area contributed by atoms with Crippen molar-refractivity contribution in [2.24, 2.45) is 11.8 Å². The topological polar surface area (TPSA) is 15.3 Å². The van der Waals surface area contributed by atoms with Gasteiger partial charge in [0.2, 0.25) is 0 Å². The average molecular weight is 280 g/mol. The van der Waals surface area contributed by atoms with E-state index in [9.17, 15) is 0 Å². The Morgan fingerprint density at radius 2 is 1.60 bits per heavy atom. The predicted octanol–water partition coefficient (Wildman–Crippen LogP) is 4.06. The van der Waals surface area contributed by atoms with Crippen molar-refractivity contribution in [3.63, 3.8) is 0 Å². The molecule has 1 N–H and O–H groups in total. The van der Waals surface area contributed by atoms with E-state index in [4.69, 9.17) is 0 Å². The van der Waals surface area contributed by atoms with Crippen LogP contribution in [0.2, 0.25) is 0 Å². The third kappa shape index (κ3) is 4.73. The number of likely N-dealkylation sites (tertiary alicyclic amines) is 1. The van der Waals surface area contributed by atoms with Gasteiger partial charge in [0, 0.05) is 18.6 Å². The Labute approximate surface area is 126 Å². The van der Waals surface area contributed by atoms with E-state index in [1.54, 1.807) is 0 Å². The number of piperidine rings is 1. The van der Waals surface area contributed by atoms with Crippen molar-refractivity contribution in [2.45, 2.75) is 84.2 Å². The van der Waals surface area contributed by atoms with Crippen LogP contribution in [0.4, 0.5) is 0 Å². The van der Waals surface area contributed by atoms with Gasteiger partial charge in [-0.15, -0.1) is 0 Å². The molecule has 2 heteroatoms. The van der Waals surface area contributed by atoms with Gasteiger partial charge in [0.05, 0.1) is 0 Å². The van der Waals surface area contributed by atoms with Gasteiger partial charge in [-0.2, -0.15) is 0 Å². The normalized spacial score (nSPS) is 29.2. The van der Waals surface area contributed by atoms with Crippen LogP contribution in [0.1, 0.15) is 72.1 Å². The lowest BCUT2D eigenvalue weighted by atomic mass is 9.83. The van der Waals surface area contributed by atoms with E-state index in [2.05, 4.69) is 31.0 Å². The Balaban J connectivity index is 1.76. The maximum absolute atomic E-state index is 3.96. The smallest absolute Gasteiger partial charge is 0.00818 e. The van der Waals surface area contributed by atoms with Crippen molar-refractivity contribution >= 4 is 0 Å². The Hall–Kier alpha value is -0.0800. The lowest BCUT2D eigenvalue weighted by Crippen LogP contribution is -2.48. The standard InChI is InChI=1S/C18H36N2/c1-4-12-20-13-8-11-18(14-20)16(3)19-15(2)17-9-6-5-7-10-17/h15-19H,4-14H2,1-3H3/t15-,16?,18?/m0/s1. The molecule has 118 valence electrons. The third-order valence-corrected chi connectivity index (χ3v) is 5.67. The highest BCUT2D eigenvalue weighted by Gasteiger charge is 2.27. The highest BCUT2D eigenvalue weighted by molar-refractivity contribution is 4.84. The molecule has 0 amide bonds. The van der Waals surface area contributed by atoms with Gasteiger partial charge in [0.15, 0.2) is 0 Å². The Morgan fingerprint density at radius 1 is 0.950 bits per heavy atom. The SMILES string of the molecule is CCCN1CCCC(C(C)N[C@@H](C)C2CCCCC2)C1. The molecule has 0 spiro atoms. The molecule has 2 aliphatic rings. The molecule has 1 aliphatic carbocycles. The van der Waals surface area contributed by atoms with Crippen LogP contribution in [0.25, 0.3) is 0 Å². The van der Waals surface area contributed by atoms with Crippen LogP contribution in [-0.4, -0.2) is 36.6 Å². The molecule has 2 rings (SSSR count). The first-order valence-electron chi connectivity index (χ1n) is 9.19. The molecule has 1 saturated carbocycles. The van der Waals surface area contributed by atoms with Crippen LogP contribution >= 0.6 is 0 Å². The fraction of sp³-hybridized carbons (Fsp3) is 1.00. The van der Waals surface area contributed by atoms with E-state index in [0.29, 0.717) is 12.1 Å². The summed E-state index contributed by atoms with van der Waals surface area (Å²) in [5.74, 6) is 1.79. The molecule has 2 unspecified atom stereocenters. The van der Waals surface area contributed by atoms with Gasteiger partial charge in [-0.3, -0.25) is 0 Å². The molecule has 0 radical (unpaired) electrons. The summed E-state index contributed by atoms with van der Waals surface area (Å²) in [7, 11) is 0. The summed E-state index contributed by atoms with van der Waals surface area (Å²) in [5.41, 5.74) is 0. The Bertz CT molecular complexity index is 258. The molecule has 1 aliphatic heterocycles. The van der Waals surface area contributed by atoms with Crippen LogP contribution < -0.4 is 5.32 Å². The zero-order valence-corrected chi connectivity index (χ0v) is 14.0. The number of hydrogen-bond donors (Lipinski definition) is 1. The van der Waals surface area contributed by atoms with Gasteiger partial charge in [-0.1, -0.05) is 26.2 Å². The molecular weight excluding hydrogens is 244 g/mol. The predicted molar refractivity (Wildman–Crippen MR) is 88.1 cm³/mol.